The Bertz CT molecular complexity index is 965. The first-order valence-corrected chi connectivity index (χ1v) is 12.9. The van der Waals surface area contributed by atoms with Crippen LogP contribution >= 0.6 is 0 Å². The lowest BCUT2D eigenvalue weighted by Gasteiger charge is -2.24. The van der Waals surface area contributed by atoms with E-state index in [0.717, 1.165) is 5.69 Å². The Balaban J connectivity index is 2.14. The Hall–Kier alpha value is -2.67. The third-order valence-corrected chi connectivity index (χ3v) is 4.93. The third-order valence-electron chi connectivity index (χ3n) is 4.00. The van der Waals surface area contributed by atoms with Crippen molar-refractivity contribution in [3.05, 3.63) is 46.4 Å². The van der Waals surface area contributed by atoms with Crippen molar-refractivity contribution in [2.24, 2.45) is 0 Å². The zero-order chi connectivity index (χ0) is 21.6. The number of nitrogens with zero attached hydrogens (tertiary/aromatic N) is 3. The fraction of sp³-hybridized carbons (Fsp3) is 0.450. The number of aryl methyl sites for hydroxylation is 1. The lowest BCUT2D eigenvalue weighted by molar-refractivity contribution is 0.0581. The first kappa shape index (κ1) is 22.6. The number of rotatable bonds is 7. The number of pyridine rings is 1. The van der Waals surface area contributed by atoms with Crippen LogP contribution in [0.25, 0.3) is 5.69 Å². The molecule has 0 saturated carbocycles. The number of hydrogen-bond donors (Lipinski definition) is 3. The first-order valence-electron chi connectivity index (χ1n) is 9.43. The summed E-state index contributed by atoms with van der Waals surface area (Å²) < 4.78 is 1.58. The van der Waals surface area contributed by atoms with Crippen molar-refractivity contribution in [3.8, 4) is 17.2 Å². The summed E-state index contributed by atoms with van der Waals surface area (Å²) in [5, 5.41) is 19.5. The van der Waals surface area contributed by atoms with Crippen LogP contribution < -0.4 is 5.56 Å². The number of aromatic amines is 1. The second-order valence-corrected chi connectivity index (χ2v) is 12.6. The van der Waals surface area contributed by atoms with Crippen molar-refractivity contribution in [1.82, 2.24) is 19.4 Å². The number of aliphatic hydroxyl groups excluding tert-OH is 2. The van der Waals surface area contributed by atoms with Crippen molar-refractivity contribution in [3.63, 3.8) is 0 Å². The van der Waals surface area contributed by atoms with E-state index in [-0.39, 0.29) is 31.8 Å². The maximum Gasteiger partial charge on any atom is 0.272 e. The van der Waals surface area contributed by atoms with Gasteiger partial charge in [-0.15, -0.1) is 11.5 Å². The molecule has 0 aliphatic heterocycles. The van der Waals surface area contributed by atoms with Gasteiger partial charge in [0.1, 0.15) is 19.5 Å². The molecule has 2 aromatic heterocycles. The molecule has 2 aromatic rings. The molecule has 0 spiro atoms. The van der Waals surface area contributed by atoms with Gasteiger partial charge in [-0.25, -0.2) is 4.98 Å². The zero-order valence-corrected chi connectivity index (χ0v) is 18.3. The Morgan fingerprint density at radius 3 is 2.66 bits per heavy atom. The second kappa shape index (κ2) is 9.69. The Labute approximate surface area is 171 Å². The molecule has 0 radical (unpaired) electrons. The Morgan fingerprint density at radius 2 is 2.10 bits per heavy atom. The van der Waals surface area contributed by atoms with Crippen LogP contribution in [-0.4, -0.2) is 69.4 Å². The molecular formula is C20H28N4O4Si. The van der Waals surface area contributed by atoms with E-state index in [2.05, 4.69) is 41.1 Å². The van der Waals surface area contributed by atoms with Gasteiger partial charge in [-0.2, -0.15) is 0 Å². The largest absolute Gasteiger partial charge is 0.395 e. The van der Waals surface area contributed by atoms with E-state index in [0.29, 0.717) is 5.69 Å². The molecule has 9 heteroatoms. The highest BCUT2D eigenvalue weighted by atomic mass is 28.3. The van der Waals surface area contributed by atoms with Gasteiger partial charge >= 0.3 is 0 Å². The molecule has 0 bridgehead atoms. The summed E-state index contributed by atoms with van der Waals surface area (Å²) in [4.78, 5) is 33.2. The number of imidazole rings is 1. The number of nitrogens with one attached hydrogen (secondary N) is 1. The van der Waals surface area contributed by atoms with Gasteiger partial charge in [0.25, 0.3) is 11.5 Å². The molecule has 0 unspecified atom stereocenters. The summed E-state index contributed by atoms with van der Waals surface area (Å²) in [5.74, 6) is 2.51. The molecule has 29 heavy (non-hydrogen) atoms. The number of H-pyrrole nitrogens is 1. The van der Waals surface area contributed by atoms with E-state index in [9.17, 15) is 19.8 Å². The van der Waals surface area contributed by atoms with Gasteiger partial charge in [0.15, 0.2) is 0 Å². The highest BCUT2D eigenvalue weighted by Gasteiger charge is 2.20. The summed E-state index contributed by atoms with van der Waals surface area (Å²) >= 11 is 0. The van der Waals surface area contributed by atoms with E-state index in [1.165, 1.54) is 17.3 Å². The first-order chi connectivity index (χ1) is 13.6. The van der Waals surface area contributed by atoms with Crippen LogP contribution in [0.1, 0.15) is 22.6 Å². The predicted octanol–water partition coefficient (Wildman–Crippen LogP) is 0.935. The normalized spacial score (nSPS) is 12.2. The summed E-state index contributed by atoms with van der Waals surface area (Å²) in [7, 11) is -1.53. The summed E-state index contributed by atoms with van der Waals surface area (Å²) in [5.41, 5.74) is 3.94. The van der Waals surface area contributed by atoms with Crippen LogP contribution in [-0.2, 0) is 0 Å². The van der Waals surface area contributed by atoms with Gasteiger partial charge in [0.05, 0.1) is 24.7 Å². The van der Waals surface area contributed by atoms with Crippen LogP contribution in [0.5, 0.6) is 0 Å². The monoisotopic (exact) mass is 416 g/mol. The van der Waals surface area contributed by atoms with Gasteiger partial charge in [0.2, 0.25) is 0 Å². The molecule has 2 rings (SSSR count). The number of carbonyl (C=O) groups excluding carboxylic acids is 1. The van der Waals surface area contributed by atoms with Crippen LogP contribution in [0.2, 0.25) is 19.6 Å². The summed E-state index contributed by atoms with van der Waals surface area (Å²) in [6.07, 6.45) is 2.64. The molecule has 1 atom stereocenters. The van der Waals surface area contributed by atoms with Crippen molar-refractivity contribution in [2.75, 3.05) is 19.7 Å². The van der Waals surface area contributed by atoms with Crippen LogP contribution in [0, 0.1) is 18.4 Å². The molecule has 0 fully saturated rings. The molecule has 0 saturated heterocycles. The molecule has 0 aliphatic carbocycles. The van der Waals surface area contributed by atoms with E-state index < -0.39 is 25.6 Å². The lowest BCUT2D eigenvalue weighted by atomic mass is 10.2. The van der Waals surface area contributed by atoms with Gasteiger partial charge in [-0.05, 0) is 19.1 Å². The quantitative estimate of drug-likeness (QED) is 0.459. The van der Waals surface area contributed by atoms with Crippen molar-refractivity contribution < 1.29 is 15.0 Å². The van der Waals surface area contributed by atoms with Gasteiger partial charge in [-0.1, -0.05) is 19.6 Å². The van der Waals surface area contributed by atoms with Crippen LogP contribution in [0.3, 0.4) is 0 Å². The highest BCUT2D eigenvalue weighted by molar-refractivity contribution is 6.83. The van der Waals surface area contributed by atoms with Crippen LogP contribution in [0.4, 0.5) is 0 Å². The maximum atomic E-state index is 12.8. The number of carbonyl (C=O) groups is 1. The minimum Gasteiger partial charge on any atom is -0.395 e. The minimum absolute atomic E-state index is 0.0181. The number of aromatic nitrogens is 3. The summed E-state index contributed by atoms with van der Waals surface area (Å²) in [6.45, 7) is 7.95. The molecule has 0 aromatic carbocycles. The standard InChI is InChI=1S/C20H28N4O4Si/c1-15-12-24(14-21-15)18-8-7-17(22-19(18)27)20(28)23(9-10-25)13-16(26)6-5-11-29(2,3)4/h7-8,12,14,16,25-26H,6,9-10,13H2,1-4H3,(H,22,27)/t16-/m1/s1. The van der Waals surface area contributed by atoms with E-state index in [4.69, 9.17) is 0 Å². The van der Waals surface area contributed by atoms with Crippen molar-refractivity contribution in [1.29, 1.82) is 0 Å². The third kappa shape index (κ3) is 6.71. The molecule has 2 heterocycles. The van der Waals surface area contributed by atoms with Gasteiger partial charge in [-0.3, -0.25) is 9.59 Å². The molecule has 156 valence electrons. The predicted molar refractivity (Wildman–Crippen MR) is 114 cm³/mol. The molecule has 8 nitrogen and oxygen atoms in total. The van der Waals surface area contributed by atoms with E-state index in [1.54, 1.807) is 16.8 Å². The molecule has 0 aliphatic rings. The lowest BCUT2D eigenvalue weighted by Crippen LogP contribution is -2.40. The number of amides is 1. The highest BCUT2D eigenvalue weighted by Crippen LogP contribution is 2.08. The SMILES string of the molecule is Cc1cn(-c2ccc(C(=O)N(CCO)C[C@H](O)CC#C[Si](C)(C)C)[nH]c2=O)cn1. The van der Waals surface area contributed by atoms with E-state index >= 15 is 0 Å². The second-order valence-electron chi connectivity index (χ2n) is 7.89. The molecular weight excluding hydrogens is 388 g/mol. The van der Waals surface area contributed by atoms with E-state index in [1.807, 2.05) is 6.92 Å². The average molecular weight is 417 g/mol. The Morgan fingerprint density at radius 1 is 1.38 bits per heavy atom. The number of hydrogen-bond acceptors (Lipinski definition) is 5. The molecule has 3 N–H and O–H groups in total. The fourth-order valence-corrected chi connectivity index (χ4v) is 3.30. The Kier molecular flexibility index (Phi) is 7.56. The minimum atomic E-state index is -1.53. The molecule has 1 amide bonds. The number of aliphatic hydroxyl groups is 2. The van der Waals surface area contributed by atoms with Gasteiger partial charge < -0.3 is 24.7 Å². The summed E-state index contributed by atoms with van der Waals surface area (Å²) in [6, 6.07) is 3.05. The van der Waals surface area contributed by atoms with Gasteiger partial charge in [0, 0.05) is 25.7 Å². The smallest absolute Gasteiger partial charge is 0.272 e. The zero-order valence-electron chi connectivity index (χ0n) is 17.3. The van der Waals surface area contributed by atoms with Crippen molar-refractivity contribution in [2.45, 2.75) is 39.1 Å². The van der Waals surface area contributed by atoms with Crippen LogP contribution in [0.15, 0.2) is 29.5 Å². The maximum absolute atomic E-state index is 12.8. The average Bonchev–Trinajstić information content (AvgIpc) is 3.05. The van der Waals surface area contributed by atoms with Crippen molar-refractivity contribution >= 4 is 14.0 Å². The topological polar surface area (TPSA) is 111 Å². The fourth-order valence-electron chi connectivity index (χ4n) is 2.67.